The molecule has 0 saturated carbocycles. The normalized spacial score (nSPS) is 24.1. The van der Waals surface area contributed by atoms with Gasteiger partial charge in [-0.3, -0.25) is 0 Å². The monoisotopic (exact) mass is 565 g/mol. The number of benzene rings is 1. The first-order valence-corrected chi connectivity index (χ1v) is 11.7. The molecule has 0 spiro atoms. The zero-order valence-corrected chi connectivity index (χ0v) is 17.9. The van der Waals surface area contributed by atoms with Crippen LogP contribution in [0.5, 0.6) is 0 Å². The van der Waals surface area contributed by atoms with E-state index in [4.69, 9.17) is 0 Å². The van der Waals surface area contributed by atoms with E-state index in [0.717, 1.165) is 16.2 Å². The summed E-state index contributed by atoms with van der Waals surface area (Å²) < 4.78 is 77.7. The summed E-state index contributed by atoms with van der Waals surface area (Å²) in [4.78, 5) is 0. The maximum atomic E-state index is 13.8. The van der Waals surface area contributed by atoms with Gasteiger partial charge in [0.15, 0.2) is 0 Å². The van der Waals surface area contributed by atoms with Crippen LogP contribution in [0.25, 0.3) is 10.9 Å². The number of alkyl halides is 4. The second-order valence-corrected chi connectivity index (χ2v) is 11.7. The van der Waals surface area contributed by atoms with Gasteiger partial charge < -0.3 is 0 Å². The van der Waals surface area contributed by atoms with Crippen molar-refractivity contribution in [1.29, 1.82) is 0 Å². The topological polar surface area (TPSA) is 39.1 Å². The van der Waals surface area contributed by atoms with E-state index in [1.165, 1.54) is 31.2 Å². The zero-order chi connectivity index (χ0) is 19.3. The zero-order valence-electron chi connectivity index (χ0n) is 13.2. The minimum absolute atomic E-state index is 0.0754. The molecule has 0 bridgehead atoms. The van der Waals surface area contributed by atoms with Crippen molar-refractivity contribution in [3.05, 3.63) is 54.5 Å². The number of hydrogen-bond acceptors (Lipinski definition) is 2. The summed E-state index contributed by atoms with van der Waals surface area (Å²) in [6.07, 6.45) is 4.63. The van der Waals surface area contributed by atoms with Crippen LogP contribution in [-0.4, -0.2) is 41.1 Å². The van der Waals surface area contributed by atoms with Gasteiger partial charge in [-0.1, -0.05) is 0 Å². The Morgan fingerprint density at radius 1 is 1.27 bits per heavy atom. The molecular formula is C16H12F4INO2SSe. The molecule has 1 aromatic heterocycles. The van der Waals surface area contributed by atoms with Crippen LogP contribution in [-0.2, 0) is 10.0 Å². The number of aromatic nitrogens is 1. The van der Waals surface area contributed by atoms with Crippen molar-refractivity contribution >= 4 is 62.9 Å². The first-order chi connectivity index (χ1) is 12.0. The van der Waals surface area contributed by atoms with E-state index in [-0.39, 0.29) is 15.4 Å². The van der Waals surface area contributed by atoms with Crippen molar-refractivity contribution in [2.75, 3.05) is 0 Å². The molecule has 0 aliphatic heterocycles. The molecule has 3 rings (SSSR count). The molecule has 26 heavy (non-hydrogen) atoms. The van der Waals surface area contributed by atoms with Crippen LogP contribution < -0.4 is 4.46 Å². The van der Waals surface area contributed by atoms with E-state index in [1.54, 1.807) is 12.1 Å². The summed E-state index contributed by atoms with van der Waals surface area (Å²) in [6.45, 7) is 1.37. The molecule has 1 aliphatic carbocycles. The molecule has 140 valence electrons. The summed E-state index contributed by atoms with van der Waals surface area (Å²) in [6, 6.07) is 6.03. The number of rotatable bonds is 3. The van der Waals surface area contributed by atoms with Crippen LogP contribution in [0.4, 0.5) is 17.6 Å². The average molecular weight is 564 g/mol. The number of allylic oxidation sites excluding steroid dienone is 3. The fourth-order valence-electron chi connectivity index (χ4n) is 2.72. The molecule has 0 fully saturated rings. The maximum absolute atomic E-state index is 13.8. The second kappa shape index (κ2) is 6.65. The molecule has 1 heterocycles. The van der Waals surface area contributed by atoms with Crippen molar-refractivity contribution in [1.82, 2.24) is 3.97 Å². The van der Waals surface area contributed by atoms with Gasteiger partial charge in [0, 0.05) is 0 Å². The van der Waals surface area contributed by atoms with Gasteiger partial charge in [0.2, 0.25) is 0 Å². The van der Waals surface area contributed by atoms with Crippen molar-refractivity contribution in [3.63, 3.8) is 0 Å². The Morgan fingerprint density at radius 2 is 1.92 bits per heavy atom. The Morgan fingerprint density at radius 3 is 2.58 bits per heavy atom. The van der Waals surface area contributed by atoms with Gasteiger partial charge in [0.1, 0.15) is 0 Å². The Labute approximate surface area is 167 Å². The van der Waals surface area contributed by atoms with Gasteiger partial charge in [-0.25, -0.2) is 0 Å². The third-order valence-electron chi connectivity index (χ3n) is 4.08. The summed E-state index contributed by atoms with van der Waals surface area (Å²) in [5.74, 6) is -0.694. The summed E-state index contributed by atoms with van der Waals surface area (Å²) in [5.41, 5.74) is 0.154. The van der Waals surface area contributed by atoms with E-state index in [9.17, 15) is 26.0 Å². The number of fused-ring (bicyclic) bond motifs is 1. The second-order valence-electron chi connectivity index (χ2n) is 5.83. The van der Waals surface area contributed by atoms with Crippen molar-refractivity contribution < 1.29 is 26.0 Å². The van der Waals surface area contributed by atoms with E-state index in [2.05, 4.69) is 0 Å². The first-order valence-electron chi connectivity index (χ1n) is 7.27. The molecule has 1 aromatic carbocycles. The van der Waals surface area contributed by atoms with Crippen molar-refractivity contribution in [2.24, 2.45) is 0 Å². The molecule has 0 amide bonds. The van der Waals surface area contributed by atoms with Crippen molar-refractivity contribution in [2.45, 2.75) is 20.7 Å². The van der Waals surface area contributed by atoms with Gasteiger partial charge in [0.05, 0.1) is 0 Å². The molecular weight excluding hydrogens is 552 g/mol. The molecule has 10 heteroatoms. The Bertz CT molecular complexity index is 1030. The molecule has 1 aliphatic rings. The van der Waals surface area contributed by atoms with Crippen molar-refractivity contribution in [3.8, 4) is 0 Å². The van der Waals surface area contributed by atoms with E-state index in [0.29, 0.717) is 0 Å². The molecule has 3 nitrogen and oxygen atoms in total. The summed E-state index contributed by atoms with van der Waals surface area (Å²) >= 11 is -0.0136. The van der Waals surface area contributed by atoms with Gasteiger partial charge >= 0.3 is 168 Å². The van der Waals surface area contributed by atoms with E-state index >= 15 is 0 Å². The van der Waals surface area contributed by atoms with Gasteiger partial charge in [-0.15, -0.1) is 0 Å². The minimum atomic E-state index is -4.42. The quantitative estimate of drug-likeness (QED) is 0.247. The third kappa shape index (κ3) is 3.36. The Kier molecular flexibility index (Phi) is 5.09. The van der Waals surface area contributed by atoms with Crippen LogP contribution in [0.15, 0.2) is 54.5 Å². The standard InChI is InChI=1S/C16H12F4INO2SSe/c1-15(8-10(17)6-7-14(15)21)25(23,24)22-9-13(26-16(18,19)20)11-4-2-3-5-12(11)22/h2-9,14H,1H3. The SMILES string of the molecule is CC1(S(=O)(=O)n2cc([Se]C(F)(F)F)c3ccccc32)C=C(F)C=CC1I. The molecule has 2 atom stereocenters. The van der Waals surface area contributed by atoms with Crippen LogP contribution >= 0.6 is 22.6 Å². The number of hydrogen-bond donors (Lipinski definition) is 0. The van der Waals surface area contributed by atoms with Gasteiger partial charge in [-0.05, 0) is 0 Å². The van der Waals surface area contributed by atoms with Crippen LogP contribution in [0, 0.1) is 0 Å². The van der Waals surface area contributed by atoms with Crippen LogP contribution in [0.2, 0.25) is 0 Å². The molecule has 0 N–H and O–H groups in total. The summed E-state index contributed by atoms with van der Waals surface area (Å²) in [5, 5.41) is -4.18. The summed E-state index contributed by atoms with van der Waals surface area (Å²) in [7, 11) is -4.22. The molecule has 2 aromatic rings. The molecule has 2 unspecified atom stereocenters. The molecule has 0 radical (unpaired) electrons. The number of para-hydroxylation sites is 1. The van der Waals surface area contributed by atoms with Crippen LogP contribution in [0.1, 0.15) is 6.92 Å². The van der Waals surface area contributed by atoms with Crippen LogP contribution in [0.3, 0.4) is 0 Å². The predicted octanol–water partition coefficient (Wildman–Crippen LogP) is 3.65. The first kappa shape index (κ1) is 19.9. The van der Waals surface area contributed by atoms with Gasteiger partial charge in [-0.2, -0.15) is 0 Å². The Balaban J connectivity index is 2.24. The van der Waals surface area contributed by atoms with E-state index < -0.39 is 44.6 Å². The molecule has 0 saturated heterocycles. The third-order valence-corrected chi connectivity index (χ3v) is 10.1. The Hall–Kier alpha value is -0.841. The average Bonchev–Trinajstić information content (AvgIpc) is 2.89. The van der Waals surface area contributed by atoms with E-state index in [1.807, 2.05) is 22.6 Å². The van der Waals surface area contributed by atoms with Gasteiger partial charge in [0.25, 0.3) is 0 Å². The fourth-order valence-corrected chi connectivity index (χ4v) is 7.38. The fraction of sp³-hybridized carbons (Fsp3) is 0.250. The number of halogens is 5. The predicted molar refractivity (Wildman–Crippen MR) is 102 cm³/mol. The number of nitrogens with zero attached hydrogens (tertiary/aromatic N) is 1.